The fourth-order valence-corrected chi connectivity index (χ4v) is 2.35. The first-order valence-electron chi connectivity index (χ1n) is 4.75. The Labute approximate surface area is 115 Å². The highest BCUT2D eigenvalue weighted by Crippen LogP contribution is 2.27. The fraction of sp³-hybridized carbons (Fsp3) is 0.0909. The quantitative estimate of drug-likeness (QED) is 0.893. The molecule has 0 saturated heterocycles. The molecule has 4 nitrogen and oxygen atoms in total. The third-order valence-electron chi connectivity index (χ3n) is 2.33. The minimum atomic E-state index is -1.05. The van der Waals surface area contributed by atoms with Crippen molar-refractivity contribution in [3.63, 3.8) is 0 Å². The second kappa shape index (κ2) is 4.62. The van der Waals surface area contributed by atoms with Crippen LogP contribution in [0.2, 0.25) is 0 Å². The van der Waals surface area contributed by atoms with Crippen LogP contribution in [0.4, 0.5) is 0 Å². The van der Waals surface area contributed by atoms with Gasteiger partial charge in [0.1, 0.15) is 0 Å². The molecule has 0 spiro atoms. The van der Waals surface area contributed by atoms with Gasteiger partial charge in [0.05, 0.1) is 15.9 Å². The third-order valence-corrected chi connectivity index (χ3v) is 3.95. The van der Waals surface area contributed by atoms with E-state index in [0.29, 0.717) is 4.47 Å². The monoisotopic (exact) mass is 358 g/mol. The lowest BCUT2D eigenvalue weighted by Gasteiger charge is -2.06. The highest BCUT2D eigenvalue weighted by Gasteiger charge is 2.19. The first-order valence-corrected chi connectivity index (χ1v) is 6.34. The van der Waals surface area contributed by atoms with E-state index in [0.717, 1.165) is 15.9 Å². The second-order valence-corrected chi connectivity index (χ2v) is 5.06. The molecule has 0 aliphatic heterocycles. The second-order valence-electron chi connectivity index (χ2n) is 3.42. The average Bonchev–Trinajstić information content (AvgIpc) is 2.57. The molecule has 2 rings (SSSR count). The van der Waals surface area contributed by atoms with Crippen LogP contribution in [0.3, 0.4) is 0 Å². The number of hydrogen-bond donors (Lipinski definition) is 1. The number of aromatic carboxylic acids is 1. The van der Waals surface area contributed by atoms with E-state index in [9.17, 15) is 4.79 Å². The molecule has 0 radical (unpaired) electrons. The molecule has 1 heterocycles. The molecule has 0 fully saturated rings. The Hall–Kier alpha value is -1.14. The van der Waals surface area contributed by atoms with Gasteiger partial charge in [0.2, 0.25) is 0 Å². The fourth-order valence-electron chi connectivity index (χ4n) is 1.48. The normalized spacial score (nSPS) is 10.5. The molecular formula is C11H8Br2N2O2. The molecule has 0 unspecified atom stereocenters. The summed E-state index contributed by atoms with van der Waals surface area (Å²) in [5.74, 6) is -1.05. The van der Waals surface area contributed by atoms with E-state index in [1.165, 1.54) is 0 Å². The number of para-hydroxylation sites is 1. The SMILES string of the molecule is Cc1c(Br)c(C(=O)O)nn1-c1ccccc1Br. The lowest BCUT2D eigenvalue weighted by atomic mass is 10.3. The van der Waals surface area contributed by atoms with Gasteiger partial charge in [-0.3, -0.25) is 0 Å². The van der Waals surface area contributed by atoms with Gasteiger partial charge in [-0.15, -0.1) is 0 Å². The zero-order chi connectivity index (χ0) is 12.6. The summed E-state index contributed by atoms with van der Waals surface area (Å²) in [4.78, 5) is 11.0. The number of benzene rings is 1. The Morgan fingerprint density at radius 1 is 1.35 bits per heavy atom. The summed E-state index contributed by atoms with van der Waals surface area (Å²) in [6.45, 7) is 1.81. The molecule has 1 N–H and O–H groups in total. The van der Waals surface area contributed by atoms with E-state index in [1.807, 2.05) is 31.2 Å². The van der Waals surface area contributed by atoms with Crippen LogP contribution in [0.15, 0.2) is 33.2 Å². The Morgan fingerprint density at radius 2 is 2.00 bits per heavy atom. The number of carboxylic acids is 1. The molecule has 6 heteroatoms. The third kappa shape index (κ3) is 2.14. The Bertz CT molecular complexity index is 593. The smallest absolute Gasteiger partial charge is 0.357 e. The maximum atomic E-state index is 11.0. The summed E-state index contributed by atoms with van der Waals surface area (Å²) < 4.78 is 2.95. The van der Waals surface area contributed by atoms with Gasteiger partial charge in [0, 0.05) is 4.47 Å². The van der Waals surface area contributed by atoms with E-state index in [4.69, 9.17) is 5.11 Å². The lowest BCUT2D eigenvalue weighted by Crippen LogP contribution is -2.02. The Kier molecular flexibility index (Phi) is 3.35. The van der Waals surface area contributed by atoms with Crippen molar-refractivity contribution in [3.05, 3.63) is 44.6 Å². The van der Waals surface area contributed by atoms with Crippen LogP contribution in [0.1, 0.15) is 16.2 Å². The van der Waals surface area contributed by atoms with Crippen LogP contribution in [0.5, 0.6) is 0 Å². The summed E-state index contributed by atoms with van der Waals surface area (Å²) in [6, 6.07) is 7.50. The first-order chi connectivity index (χ1) is 8.02. The number of rotatable bonds is 2. The van der Waals surface area contributed by atoms with Crippen molar-refractivity contribution in [2.45, 2.75) is 6.92 Å². The minimum Gasteiger partial charge on any atom is -0.476 e. The zero-order valence-electron chi connectivity index (χ0n) is 8.82. The van der Waals surface area contributed by atoms with Gasteiger partial charge < -0.3 is 5.11 Å². The zero-order valence-corrected chi connectivity index (χ0v) is 12.0. The van der Waals surface area contributed by atoms with Crippen molar-refractivity contribution in [2.75, 3.05) is 0 Å². The van der Waals surface area contributed by atoms with E-state index in [-0.39, 0.29) is 5.69 Å². The molecule has 88 valence electrons. The van der Waals surface area contributed by atoms with Gasteiger partial charge in [-0.2, -0.15) is 5.10 Å². The summed E-state index contributed by atoms with van der Waals surface area (Å²) >= 11 is 6.66. The summed E-state index contributed by atoms with van der Waals surface area (Å²) in [5.41, 5.74) is 1.56. The van der Waals surface area contributed by atoms with Crippen molar-refractivity contribution in [1.82, 2.24) is 9.78 Å². The van der Waals surface area contributed by atoms with Crippen LogP contribution in [0, 0.1) is 6.92 Å². The summed E-state index contributed by atoms with van der Waals surface area (Å²) in [6.07, 6.45) is 0. The van der Waals surface area contributed by atoms with Crippen LogP contribution in [0.25, 0.3) is 5.69 Å². The van der Waals surface area contributed by atoms with Crippen LogP contribution in [-0.4, -0.2) is 20.9 Å². The van der Waals surface area contributed by atoms with Gasteiger partial charge in [-0.25, -0.2) is 9.48 Å². The summed E-state index contributed by atoms with van der Waals surface area (Å²) in [5, 5.41) is 13.1. The van der Waals surface area contributed by atoms with Crippen LogP contribution >= 0.6 is 31.9 Å². The van der Waals surface area contributed by atoms with Crippen LogP contribution in [-0.2, 0) is 0 Å². The van der Waals surface area contributed by atoms with Gasteiger partial charge in [-0.05, 0) is 50.9 Å². The number of carbonyl (C=O) groups is 1. The maximum Gasteiger partial charge on any atom is 0.357 e. The largest absolute Gasteiger partial charge is 0.476 e. The molecule has 0 bridgehead atoms. The Morgan fingerprint density at radius 3 is 2.53 bits per heavy atom. The van der Waals surface area contributed by atoms with Crippen molar-refractivity contribution in [3.8, 4) is 5.69 Å². The van der Waals surface area contributed by atoms with E-state index >= 15 is 0 Å². The molecule has 1 aromatic carbocycles. The van der Waals surface area contributed by atoms with Crippen molar-refractivity contribution in [2.24, 2.45) is 0 Å². The molecule has 0 saturated carbocycles. The van der Waals surface area contributed by atoms with Crippen molar-refractivity contribution >= 4 is 37.8 Å². The highest BCUT2D eigenvalue weighted by molar-refractivity contribution is 9.11. The number of hydrogen-bond acceptors (Lipinski definition) is 2. The molecular weight excluding hydrogens is 352 g/mol. The van der Waals surface area contributed by atoms with Crippen molar-refractivity contribution in [1.29, 1.82) is 0 Å². The lowest BCUT2D eigenvalue weighted by molar-refractivity contribution is 0.0689. The molecule has 0 amide bonds. The number of nitrogens with zero attached hydrogens (tertiary/aromatic N) is 2. The number of carboxylic acid groups (broad SMARTS) is 1. The first kappa shape index (κ1) is 12.3. The molecule has 0 aliphatic rings. The molecule has 0 atom stereocenters. The van der Waals surface area contributed by atoms with E-state index in [2.05, 4.69) is 37.0 Å². The average molecular weight is 360 g/mol. The predicted octanol–water partition coefficient (Wildman–Crippen LogP) is 3.40. The van der Waals surface area contributed by atoms with Gasteiger partial charge >= 0.3 is 5.97 Å². The molecule has 0 aliphatic carbocycles. The maximum absolute atomic E-state index is 11.0. The highest BCUT2D eigenvalue weighted by atomic mass is 79.9. The van der Waals surface area contributed by atoms with Gasteiger partial charge in [0.25, 0.3) is 0 Å². The van der Waals surface area contributed by atoms with Crippen LogP contribution < -0.4 is 0 Å². The standard InChI is InChI=1S/C11H8Br2N2O2/c1-6-9(13)10(11(16)17)14-15(6)8-5-3-2-4-7(8)12/h2-5H,1H3,(H,16,17). The summed E-state index contributed by atoms with van der Waals surface area (Å²) in [7, 11) is 0. The topological polar surface area (TPSA) is 55.1 Å². The predicted molar refractivity (Wildman–Crippen MR) is 70.7 cm³/mol. The van der Waals surface area contributed by atoms with E-state index in [1.54, 1.807) is 4.68 Å². The van der Waals surface area contributed by atoms with Gasteiger partial charge in [-0.1, -0.05) is 12.1 Å². The minimum absolute atomic E-state index is 0.0123. The van der Waals surface area contributed by atoms with Crippen molar-refractivity contribution < 1.29 is 9.90 Å². The number of aromatic nitrogens is 2. The van der Waals surface area contributed by atoms with Gasteiger partial charge in [0.15, 0.2) is 5.69 Å². The molecule has 2 aromatic rings. The number of halogens is 2. The molecule has 1 aromatic heterocycles. The van der Waals surface area contributed by atoms with E-state index < -0.39 is 5.97 Å². The molecule has 17 heavy (non-hydrogen) atoms. The Balaban J connectivity index is 2.66.